The van der Waals surface area contributed by atoms with E-state index in [-0.39, 0.29) is 5.82 Å². The molecule has 2 nitrogen and oxygen atoms in total. The van der Waals surface area contributed by atoms with Crippen LogP contribution in [-0.2, 0) is 13.0 Å². The zero-order valence-electron chi connectivity index (χ0n) is 9.02. The fraction of sp³-hybridized carbons (Fsp3) is 0.333. The smallest absolute Gasteiger partial charge is 0.149 e. The van der Waals surface area contributed by atoms with Gasteiger partial charge >= 0.3 is 0 Å². The summed E-state index contributed by atoms with van der Waals surface area (Å²) in [6.07, 6.45) is 1.84. The lowest BCUT2D eigenvalue weighted by molar-refractivity contribution is 0.542. The first-order valence-electron chi connectivity index (χ1n) is 5.26. The number of rotatable bonds is 3. The summed E-state index contributed by atoms with van der Waals surface area (Å²) >= 11 is 3.30. The minimum absolute atomic E-state index is 0.263. The summed E-state index contributed by atoms with van der Waals surface area (Å²) in [5.74, 6) is 0.490. The molecule has 0 saturated heterocycles. The van der Waals surface area contributed by atoms with E-state index in [1.54, 1.807) is 0 Å². The molecule has 2 rings (SSSR count). The van der Waals surface area contributed by atoms with Crippen LogP contribution in [0.3, 0.4) is 0 Å². The van der Waals surface area contributed by atoms with Crippen LogP contribution in [0.5, 0.6) is 0 Å². The van der Waals surface area contributed by atoms with E-state index in [0.717, 1.165) is 29.6 Å². The molecule has 2 N–H and O–H groups in total. The highest BCUT2D eigenvalue weighted by molar-refractivity contribution is 9.10. The van der Waals surface area contributed by atoms with Gasteiger partial charge in [-0.25, -0.2) is 4.39 Å². The lowest BCUT2D eigenvalue weighted by atomic mass is 10.1. The van der Waals surface area contributed by atoms with Crippen LogP contribution in [0.4, 0.5) is 4.39 Å². The van der Waals surface area contributed by atoms with Gasteiger partial charge in [0.1, 0.15) is 17.2 Å². The number of fused-ring (bicyclic) bond motifs is 1. The van der Waals surface area contributed by atoms with Crippen LogP contribution < -0.4 is 5.73 Å². The van der Waals surface area contributed by atoms with Gasteiger partial charge in [0, 0.05) is 10.9 Å². The molecule has 0 spiro atoms. The lowest BCUT2D eigenvalue weighted by Gasteiger charge is -1.98. The summed E-state index contributed by atoms with van der Waals surface area (Å²) in [7, 11) is 0. The summed E-state index contributed by atoms with van der Waals surface area (Å²) in [6, 6.07) is 2.91. The Morgan fingerprint density at radius 1 is 1.44 bits per heavy atom. The van der Waals surface area contributed by atoms with Gasteiger partial charge in [-0.05, 0) is 34.5 Å². The second-order valence-corrected chi connectivity index (χ2v) is 4.58. The largest absolute Gasteiger partial charge is 0.458 e. The van der Waals surface area contributed by atoms with Crippen LogP contribution in [0.2, 0.25) is 0 Å². The fourth-order valence-electron chi connectivity index (χ4n) is 1.91. The van der Waals surface area contributed by atoms with Crippen LogP contribution in [0, 0.1) is 5.82 Å². The molecule has 0 aliphatic rings. The SMILES string of the molecule is CCCc1c(CN)oc2c(Br)cc(F)cc12. The maximum absolute atomic E-state index is 13.3. The van der Waals surface area contributed by atoms with Gasteiger partial charge in [0.15, 0.2) is 0 Å². The second kappa shape index (κ2) is 4.55. The van der Waals surface area contributed by atoms with Crippen molar-refractivity contribution in [3.63, 3.8) is 0 Å². The third-order valence-corrected chi connectivity index (χ3v) is 3.17. The fourth-order valence-corrected chi connectivity index (χ4v) is 2.43. The first-order chi connectivity index (χ1) is 7.67. The topological polar surface area (TPSA) is 39.2 Å². The molecular weight excluding hydrogens is 273 g/mol. The molecule has 4 heteroatoms. The molecule has 0 fully saturated rings. The molecule has 1 heterocycles. The zero-order valence-corrected chi connectivity index (χ0v) is 10.6. The van der Waals surface area contributed by atoms with E-state index in [2.05, 4.69) is 22.9 Å². The molecule has 0 atom stereocenters. The second-order valence-electron chi connectivity index (χ2n) is 3.72. The average molecular weight is 286 g/mol. The summed E-state index contributed by atoms with van der Waals surface area (Å²) < 4.78 is 19.6. The number of benzene rings is 1. The Balaban J connectivity index is 2.73. The minimum Gasteiger partial charge on any atom is -0.458 e. The van der Waals surface area contributed by atoms with Gasteiger partial charge in [0.05, 0.1) is 11.0 Å². The number of nitrogens with two attached hydrogens (primary N) is 1. The van der Waals surface area contributed by atoms with Crippen LogP contribution in [0.25, 0.3) is 11.0 Å². The van der Waals surface area contributed by atoms with Gasteiger partial charge in [-0.3, -0.25) is 0 Å². The number of halogens is 2. The van der Waals surface area contributed by atoms with Gasteiger partial charge in [0.25, 0.3) is 0 Å². The standard InChI is InChI=1S/C12H13BrFNO/c1-2-3-8-9-4-7(14)5-10(13)12(9)16-11(8)6-15/h4-5H,2-3,6,15H2,1H3. The Kier molecular flexibility index (Phi) is 3.30. The van der Waals surface area contributed by atoms with Gasteiger partial charge in [-0.1, -0.05) is 13.3 Å². The minimum atomic E-state index is -0.263. The molecule has 16 heavy (non-hydrogen) atoms. The molecule has 0 unspecified atom stereocenters. The number of hydrogen-bond acceptors (Lipinski definition) is 2. The maximum Gasteiger partial charge on any atom is 0.149 e. The van der Waals surface area contributed by atoms with E-state index < -0.39 is 0 Å². The monoisotopic (exact) mass is 285 g/mol. The van der Waals surface area contributed by atoms with Crippen LogP contribution in [0.1, 0.15) is 24.7 Å². The summed E-state index contributed by atoms with van der Waals surface area (Å²) in [5.41, 5.74) is 7.34. The van der Waals surface area contributed by atoms with E-state index in [4.69, 9.17) is 10.2 Å². The average Bonchev–Trinajstić information content (AvgIpc) is 2.58. The molecule has 0 aliphatic heterocycles. The van der Waals surface area contributed by atoms with E-state index in [9.17, 15) is 4.39 Å². The van der Waals surface area contributed by atoms with Crippen molar-refractivity contribution >= 4 is 26.9 Å². The van der Waals surface area contributed by atoms with Crippen molar-refractivity contribution in [2.75, 3.05) is 0 Å². The molecule has 0 radical (unpaired) electrons. The van der Waals surface area contributed by atoms with Gasteiger partial charge in [-0.2, -0.15) is 0 Å². The van der Waals surface area contributed by atoms with E-state index >= 15 is 0 Å². The zero-order chi connectivity index (χ0) is 11.7. The molecule has 1 aromatic heterocycles. The summed E-state index contributed by atoms with van der Waals surface area (Å²) in [4.78, 5) is 0. The summed E-state index contributed by atoms with van der Waals surface area (Å²) in [6.45, 7) is 2.42. The molecule has 86 valence electrons. The Morgan fingerprint density at radius 2 is 2.19 bits per heavy atom. The maximum atomic E-state index is 13.3. The predicted molar refractivity (Wildman–Crippen MR) is 65.8 cm³/mol. The number of aryl methyl sites for hydroxylation is 1. The third-order valence-electron chi connectivity index (χ3n) is 2.58. The number of hydrogen-bond donors (Lipinski definition) is 1. The van der Waals surface area contributed by atoms with Crippen LogP contribution in [-0.4, -0.2) is 0 Å². The molecule has 2 aromatic rings. The predicted octanol–water partition coefficient (Wildman–Crippen LogP) is 3.75. The Morgan fingerprint density at radius 3 is 2.81 bits per heavy atom. The Hall–Kier alpha value is -0.870. The van der Waals surface area contributed by atoms with E-state index in [1.807, 2.05) is 0 Å². The van der Waals surface area contributed by atoms with Crippen molar-refractivity contribution in [2.24, 2.45) is 5.73 Å². The third kappa shape index (κ3) is 1.87. The number of furan rings is 1. The molecule has 0 aliphatic carbocycles. The van der Waals surface area contributed by atoms with Crippen molar-refractivity contribution in [1.82, 2.24) is 0 Å². The van der Waals surface area contributed by atoms with Crippen molar-refractivity contribution in [2.45, 2.75) is 26.3 Å². The van der Waals surface area contributed by atoms with E-state index in [0.29, 0.717) is 16.6 Å². The molecule has 0 saturated carbocycles. The van der Waals surface area contributed by atoms with Crippen molar-refractivity contribution in [3.8, 4) is 0 Å². The molecular formula is C12H13BrFNO. The van der Waals surface area contributed by atoms with E-state index in [1.165, 1.54) is 12.1 Å². The van der Waals surface area contributed by atoms with Gasteiger partial charge in [0.2, 0.25) is 0 Å². The Labute approximate surface area is 102 Å². The van der Waals surface area contributed by atoms with Crippen LogP contribution >= 0.6 is 15.9 Å². The highest BCUT2D eigenvalue weighted by atomic mass is 79.9. The van der Waals surface area contributed by atoms with Gasteiger partial charge < -0.3 is 10.2 Å². The van der Waals surface area contributed by atoms with Crippen molar-refractivity contribution in [1.29, 1.82) is 0 Å². The first kappa shape index (κ1) is 11.6. The van der Waals surface area contributed by atoms with Crippen molar-refractivity contribution < 1.29 is 8.81 Å². The normalized spacial score (nSPS) is 11.2. The summed E-state index contributed by atoms with van der Waals surface area (Å²) in [5, 5.41) is 0.828. The van der Waals surface area contributed by atoms with Crippen molar-refractivity contribution in [3.05, 3.63) is 33.7 Å². The van der Waals surface area contributed by atoms with Crippen LogP contribution in [0.15, 0.2) is 21.0 Å². The highest BCUT2D eigenvalue weighted by Gasteiger charge is 2.15. The first-order valence-corrected chi connectivity index (χ1v) is 6.06. The Bertz CT molecular complexity index is 521. The highest BCUT2D eigenvalue weighted by Crippen LogP contribution is 2.33. The van der Waals surface area contributed by atoms with Gasteiger partial charge in [-0.15, -0.1) is 0 Å². The lowest BCUT2D eigenvalue weighted by Crippen LogP contribution is -1.98. The molecule has 0 amide bonds. The molecule has 0 bridgehead atoms. The quantitative estimate of drug-likeness (QED) is 0.933. The molecule has 1 aromatic carbocycles.